The average molecular weight is 288 g/mol. The zero-order chi connectivity index (χ0) is 14.3. The summed E-state index contributed by atoms with van der Waals surface area (Å²) < 4.78 is 5.54. The monoisotopic (exact) mass is 288 g/mol. The molecule has 3 rings (SSSR count). The molecule has 3 aromatic rings. The lowest BCUT2D eigenvalue weighted by Gasteiger charge is -2.01. The van der Waals surface area contributed by atoms with Crippen molar-refractivity contribution in [1.29, 1.82) is 0 Å². The second-order valence-electron chi connectivity index (χ2n) is 4.18. The minimum atomic E-state index is -0.527. The van der Waals surface area contributed by atoms with Crippen LogP contribution in [0.15, 0.2) is 38.9 Å². The van der Waals surface area contributed by atoms with Gasteiger partial charge in [0.05, 0.1) is 10.3 Å². The van der Waals surface area contributed by atoms with Crippen molar-refractivity contribution in [2.75, 3.05) is 0 Å². The van der Waals surface area contributed by atoms with Gasteiger partial charge in [0, 0.05) is 6.07 Å². The number of fused-ring (bicyclic) bond motifs is 1. The third kappa shape index (κ3) is 1.88. The molecule has 0 saturated carbocycles. The summed E-state index contributed by atoms with van der Waals surface area (Å²) >= 11 is 1.27. The van der Waals surface area contributed by atoms with Crippen LogP contribution in [0.2, 0.25) is 0 Å². The van der Waals surface area contributed by atoms with Crippen molar-refractivity contribution >= 4 is 27.3 Å². The van der Waals surface area contributed by atoms with Crippen molar-refractivity contribution in [2.24, 2.45) is 0 Å². The second kappa shape index (κ2) is 4.53. The number of thiophene rings is 1. The highest BCUT2D eigenvalue weighted by atomic mass is 32.1. The van der Waals surface area contributed by atoms with Gasteiger partial charge in [-0.2, -0.15) is 4.98 Å². The van der Waals surface area contributed by atoms with Crippen LogP contribution < -0.4 is 5.56 Å². The number of nitro groups is 1. The lowest BCUT2D eigenvalue weighted by molar-refractivity contribution is -0.384. The van der Waals surface area contributed by atoms with Crippen LogP contribution >= 0.6 is 11.3 Å². The summed E-state index contributed by atoms with van der Waals surface area (Å²) in [5.41, 5.74) is 0.414. The SMILES string of the molecule is Cc1csc2oc(-c3ccccc3[N+](=O)[O-])nc(=O)c12. The van der Waals surface area contributed by atoms with Gasteiger partial charge in [-0.25, -0.2) is 0 Å². The molecule has 6 nitrogen and oxygen atoms in total. The largest absolute Gasteiger partial charge is 0.426 e. The maximum absolute atomic E-state index is 12.0. The Morgan fingerprint density at radius 1 is 1.35 bits per heavy atom. The number of hydrogen-bond acceptors (Lipinski definition) is 6. The van der Waals surface area contributed by atoms with E-state index in [0.717, 1.165) is 5.56 Å². The molecule has 100 valence electrons. The number of aryl methyl sites for hydroxylation is 1. The van der Waals surface area contributed by atoms with E-state index in [0.29, 0.717) is 10.3 Å². The smallest absolute Gasteiger partial charge is 0.285 e. The van der Waals surface area contributed by atoms with E-state index >= 15 is 0 Å². The summed E-state index contributed by atoms with van der Waals surface area (Å²) in [6.07, 6.45) is 0. The third-order valence-electron chi connectivity index (χ3n) is 2.88. The van der Waals surface area contributed by atoms with E-state index in [1.54, 1.807) is 24.4 Å². The van der Waals surface area contributed by atoms with Crippen molar-refractivity contribution in [3.05, 3.63) is 55.7 Å². The van der Waals surface area contributed by atoms with Crippen LogP contribution in [-0.2, 0) is 0 Å². The molecule has 0 saturated heterocycles. The molecule has 0 bridgehead atoms. The number of benzene rings is 1. The van der Waals surface area contributed by atoms with Gasteiger partial charge in [0.1, 0.15) is 5.56 Å². The van der Waals surface area contributed by atoms with Gasteiger partial charge in [-0.3, -0.25) is 14.9 Å². The molecule has 7 heteroatoms. The predicted molar refractivity (Wildman–Crippen MR) is 75.0 cm³/mol. The van der Waals surface area contributed by atoms with Crippen molar-refractivity contribution in [3.8, 4) is 11.5 Å². The van der Waals surface area contributed by atoms with E-state index in [9.17, 15) is 14.9 Å². The fourth-order valence-corrected chi connectivity index (χ4v) is 2.83. The first kappa shape index (κ1) is 12.5. The Labute approximate surface area is 116 Å². The highest BCUT2D eigenvalue weighted by Crippen LogP contribution is 2.31. The summed E-state index contributed by atoms with van der Waals surface area (Å²) in [7, 11) is 0. The minimum Gasteiger partial charge on any atom is -0.426 e. The molecule has 0 aliphatic carbocycles. The van der Waals surface area contributed by atoms with Crippen LogP contribution in [0.4, 0.5) is 5.69 Å². The Morgan fingerprint density at radius 3 is 2.85 bits per heavy atom. The molecular formula is C13H8N2O4S. The molecule has 2 heterocycles. The van der Waals surface area contributed by atoms with Gasteiger partial charge in [0.25, 0.3) is 11.2 Å². The number of hydrogen-bond donors (Lipinski definition) is 0. The van der Waals surface area contributed by atoms with Crippen LogP contribution in [0.25, 0.3) is 21.7 Å². The summed E-state index contributed by atoms with van der Waals surface area (Å²) in [6.45, 7) is 1.79. The van der Waals surface area contributed by atoms with Crippen LogP contribution in [0.1, 0.15) is 5.56 Å². The maximum atomic E-state index is 12.0. The van der Waals surface area contributed by atoms with E-state index in [1.165, 1.54) is 23.5 Å². The van der Waals surface area contributed by atoms with Crippen molar-refractivity contribution in [3.63, 3.8) is 0 Å². The second-order valence-corrected chi connectivity index (χ2v) is 5.02. The zero-order valence-corrected chi connectivity index (χ0v) is 11.1. The van der Waals surface area contributed by atoms with Gasteiger partial charge in [-0.15, -0.1) is 11.3 Å². The van der Waals surface area contributed by atoms with Gasteiger partial charge in [-0.05, 0) is 23.9 Å². The predicted octanol–water partition coefficient (Wildman–Crippen LogP) is 3.13. The van der Waals surface area contributed by atoms with Crippen LogP contribution in [-0.4, -0.2) is 9.91 Å². The van der Waals surface area contributed by atoms with Crippen molar-refractivity contribution < 1.29 is 9.34 Å². The normalized spacial score (nSPS) is 10.8. The molecule has 0 fully saturated rings. The number of rotatable bonds is 2. The van der Waals surface area contributed by atoms with Crippen molar-refractivity contribution in [1.82, 2.24) is 4.98 Å². The minimum absolute atomic E-state index is 0.0309. The van der Waals surface area contributed by atoms with Gasteiger partial charge >= 0.3 is 0 Å². The molecule has 2 aromatic heterocycles. The highest BCUT2D eigenvalue weighted by Gasteiger charge is 2.19. The van der Waals surface area contributed by atoms with Crippen molar-refractivity contribution in [2.45, 2.75) is 6.92 Å². The maximum Gasteiger partial charge on any atom is 0.285 e. The Bertz CT molecular complexity index is 881. The Kier molecular flexibility index (Phi) is 2.83. The average Bonchev–Trinajstić information content (AvgIpc) is 2.80. The Balaban J connectivity index is 2.31. The quantitative estimate of drug-likeness (QED) is 0.534. The number of nitrogens with zero attached hydrogens (tertiary/aromatic N) is 2. The van der Waals surface area contributed by atoms with Gasteiger partial charge in [0.2, 0.25) is 5.89 Å². The fourth-order valence-electron chi connectivity index (χ4n) is 1.94. The van der Waals surface area contributed by atoms with E-state index < -0.39 is 10.5 Å². The molecule has 20 heavy (non-hydrogen) atoms. The standard InChI is InChI=1S/C13H8N2O4S/c1-7-6-20-13-10(7)11(16)14-12(19-13)8-4-2-3-5-9(8)15(17)18/h2-6H,1H3. The summed E-state index contributed by atoms with van der Waals surface area (Å²) in [4.78, 5) is 26.7. The van der Waals surface area contributed by atoms with E-state index in [2.05, 4.69) is 4.98 Å². The number of nitro benzene ring substituents is 1. The molecule has 1 aromatic carbocycles. The molecule has 0 spiro atoms. The van der Waals surface area contributed by atoms with Crippen LogP contribution in [0.5, 0.6) is 0 Å². The van der Waals surface area contributed by atoms with Gasteiger partial charge < -0.3 is 4.42 Å². The van der Waals surface area contributed by atoms with E-state index in [4.69, 9.17) is 4.42 Å². The number of aromatic nitrogens is 1. The van der Waals surface area contributed by atoms with Crippen LogP contribution in [0.3, 0.4) is 0 Å². The molecule has 0 radical (unpaired) electrons. The number of para-hydroxylation sites is 1. The highest BCUT2D eigenvalue weighted by molar-refractivity contribution is 7.16. The Morgan fingerprint density at radius 2 is 2.10 bits per heavy atom. The lowest BCUT2D eigenvalue weighted by Crippen LogP contribution is -2.07. The van der Waals surface area contributed by atoms with Gasteiger partial charge in [-0.1, -0.05) is 12.1 Å². The van der Waals surface area contributed by atoms with E-state index in [1.807, 2.05) is 0 Å². The first-order valence-electron chi connectivity index (χ1n) is 5.70. The first-order chi connectivity index (χ1) is 9.58. The fraction of sp³-hybridized carbons (Fsp3) is 0.0769. The molecule has 0 N–H and O–H groups in total. The topological polar surface area (TPSA) is 86.2 Å². The van der Waals surface area contributed by atoms with E-state index in [-0.39, 0.29) is 17.1 Å². The molecule has 0 amide bonds. The van der Waals surface area contributed by atoms with Crippen LogP contribution in [0, 0.1) is 17.0 Å². The first-order valence-corrected chi connectivity index (χ1v) is 6.58. The molecular weight excluding hydrogens is 280 g/mol. The molecule has 0 unspecified atom stereocenters. The zero-order valence-electron chi connectivity index (χ0n) is 10.3. The molecule has 0 atom stereocenters. The summed E-state index contributed by atoms with van der Waals surface area (Å²) in [5, 5.41) is 13.2. The molecule has 0 aliphatic rings. The summed E-state index contributed by atoms with van der Waals surface area (Å²) in [6, 6.07) is 6.04. The van der Waals surface area contributed by atoms with Gasteiger partial charge in [0.15, 0.2) is 4.90 Å². The lowest BCUT2D eigenvalue weighted by atomic mass is 10.2. The third-order valence-corrected chi connectivity index (χ3v) is 3.85. The summed E-state index contributed by atoms with van der Waals surface area (Å²) in [5.74, 6) is -0.0309. The molecule has 0 aliphatic heterocycles. The Hall–Kier alpha value is -2.54.